The number of hydrogen-bond acceptors (Lipinski definition) is 7. The van der Waals surface area contributed by atoms with Gasteiger partial charge in [-0.3, -0.25) is 0 Å². The van der Waals surface area contributed by atoms with Crippen molar-refractivity contribution in [2.24, 2.45) is 5.92 Å². The van der Waals surface area contributed by atoms with E-state index in [0.717, 1.165) is 16.7 Å². The van der Waals surface area contributed by atoms with E-state index in [2.05, 4.69) is 0 Å². The van der Waals surface area contributed by atoms with Crippen LogP contribution in [0.25, 0.3) is 0 Å². The number of aliphatic hydroxyl groups is 4. The molecule has 0 radical (unpaired) electrons. The van der Waals surface area contributed by atoms with E-state index < -0.39 is 41.9 Å². The Morgan fingerprint density at radius 3 is 2.58 bits per heavy atom. The van der Waals surface area contributed by atoms with E-state index in [-0.39, 0.29) is 25.4 Å². The maximum atomic E-state index is 12.7. The van der Waals surface area contributed by atoms with Crippen molar-refractivity contribution >= 4 is 5.97 Å². The van der Waals surface area contributed by atoms with Crippen molar-refractivity contribution in [3.05, 3.63) is 47.0 Å². The molecule has 6 atom stereocenters. The SMILES string of the molecule is CC[C@@H](/C=C(/C)C1C[C@H](OC)C[C@H](O)C(C)(C)c2cccc(c2)C[C@@H](O)[C@H](O)C(=O)O1)CO. The molecular weight excluding hydrogens is 424 g/mol. The van der Waals surface area contributed by atoms with Crippen LogP contribution in [0.1, 0.15) is 58.1 Å². The minimum absolute atomic E-state index is 0.0335. The molecule has 33 heavy (non-hydrogen) atoms. The molecular formula is C26H40O7. The molecule has 1 heterocycles. The molecule has 0 fully saturated rings. The first-order valence-corrected chi connectivity index (χ1v) is 11.7. The highest BCUT2D eigenvalue weighted by Crippen LogP contribution is 2.32. The predicted octanol–water partition coefficient (Wildman–Crippen LogP) is 2.27. The number of carbonyl (C=O) groups is 1. The topological polar surface area (TPSA) is 116 Å². The number of ether oxygens (including phenoxy) is 2. The standard InChI is InChI=1S/C26H40O7/c1-6-17(15-27)10-16(2)22-13-20(32-5)14-23(29)26(3,4)19-9-7-8-18(11-19)12-21(28)24(30)25(31)33-22/h7-11,17,20-24,27-30H,6,12-15H2,1-5H3/b16-10-/t17-,20-,21+,22?,23-,24-/m0/s1. The van der Waals surface area contributed by atoms with Gasteiger partial charge in [-0.05, 0) is 30.0 Å². The molecule has 0 spiro atoms. The van der Waals surface area contributed by atoms with E-state index >= 15 is 0 Å². The van der Waals surface area contributed by atoms with Gasteiger partial charge in [0.25, 0.3) is 0 Å². The van der Waals surface area contributed by atoms with Crippen molar-refractivity contribution in [2.45, 2.75) is 89.3 Å². The summed E-state index contributed by atoms with van der Waals surface area (Å²) in [6.45, 7) is 7.64. The molecule has 0 amide bonds. The van der Waals surface area contributed by atoms with Crippen LogP contribution in [0.4, 0.5) is 0 Å². The Morgan fingerprint density at radius 1 is 1.27 bits per heavy atom. The number of benzene rings is 1. The molecule has 7 heteroatoms. The van der Waals surface area contributed by atoms with Crippen molar-refractivity contribution < 1.29 is 34.7 Å². The molecule has 2 rings (SSSR count). The zero-order chi connectivity index (χ0) is 24.8. The number of rotatable bonds is 5. The summed E-state index contributed by atoms with van der Waals surface area (Å²) in [4.78, 5) is 12.7. The largest absolute Gasteiger partial charge is 0.456 e. The quantitative estimate of drug-likeness (QED) is 0.390. The van der Waals surface area contributed by atoms with Gasteiger partial charge in [-0.15, -0.1) is 0 Å². The lowest BCUT2D eigenvalue weighted by molar-refractivity contribution is -0.165. The number of fused-ring (bicyclic) bond motifs is 2. The summed E-state index contributed by atoms with van der Waals surface area (Å²) >= 11 is 0. The van der Waals surface area contributed by atoms with Crippen LogP contribution in [0.3, 0.4) is 0 Å². The number of cyclic esters (lactones) is 1. The van der Waals surface area contributed by atoms with Crippen LogP contribution in [-0.4, -0.2) is 70.6 Å². The van der Waals surface area contributed by atoms with Crippen molar-refractivity contribution in [1.29, 1.82) is 0 Å². The van der Waals surface area contributed by atoms with Gasteiger partial charge >= 0.3 is 5.97 Å². The van der Waals surface area contributed by atoms with Crippen LogP contribution in [0.15, 0.2) is 35.9 Å². The van der Waals surface area contributed by atoms with Crippen LogP contribution in [0.5, 0.6) is 0 Å². The molecule has 0 saturated carbocycles. The summed E-state index contributed by atoms with van der Waals surface area (Å²) in [5.74, 6) is -1.01. The molecule has 1 aliphatic rings. The summed E-state index contributed by atoms with van der Waals surface area (Å²) in [5.41, 5.74) is 1.76. The van der Waals surface area contributed by atoms with Gasteiger partial charge in [0, 0.05) is 44.3 Å². The van der Waals surface area contributed by atoms with Gasteiger partial charge in [0.05, 0.1) is 18.3 Å². The third-order valence-electron chi connectivity index (χ3n) is 6.88. The lowest BCUT2D eigenvalue weighted by Gasteiger charge is -2.35. The van der Waals surface area contributed by atoms with Gasteiger partial charge in [-0.25, -0.2) is 4.79 Å². The molecule has 4 N–H and O–H groups in total. The fourth-order valence-corrected chi connectivity index (χ4v) is 4.19. The molecule has 186 valence electrons. The highest BCUT2D eigenvalue weighted by Gasteiger charge is 2.35. The molecule has 1 unspecified atom stereocenters. The van der Waals surface area contributed by atoms with Crippen LogP contribution in [0, 0.1) is 5.92 Å². The van der Waals surface area contributed by atoms with E-state index in [1.807, 2.05) is 51.1 Å². The van der Waals surface area contributed by atoms with Gasteiger partial charge in [0.2, 0.25) is 0 Å². The first-order chi connectivity index (χ1) is 15.5. The van der Waals surface area contributed by atoms with Gasteiger partial charge in [0.15, 0.2) is 6.10 Å². The Balaban J connectivity index is 2.46. The number of aliphatic hydroxyl groups excluding tert-OH is 4. The normalized spacial score (nSPS) is 30.3. The third-order valence-corrected chi connectivity index (χ3v) is 6.88. The highest BCUT2D eigenvalue weighted by atomic mass is 16.6. The molecule has 0 aromatic heterocycles. The number of hydrogen-bond donors (Lipinski definition) is 4. The van der Waals surface area contributed by atoms with E-state index in [9.17, 15) is 25.2 Å². The van der Waals surface area contributed by atoms with Gasteiger partial charge in [0.1, 0.15) is 6.10 Å². The minimum Gasteiger partial charge on any atom is -0.456 e. The molecule has 2 bridgehead atoms. The minimum atomic E-state index is -1.70. The zero-order valence-corrected chi connectivity index (χ0v) is 20.4. The Morgan fingerprint density at radius 2 is 1.97 bits per heavy atom. The number of carbonyl (C=O) groups excluding carboxylic acids is 1. The summed E-state index contributed by atoms with van der Waals surface area (Å²) in [6, 6.07) is 7.46. The average Bonchev–Trinajstić information content (AvgIpc) is 2.79. The highest BCUT2D eigenvalue weighted by molar-refractivity contribution is 5.75. The third kappa shape index (κ3) is 7.11. The monoisotopic (exact) mass is 464 g/mol. The summed E-state index contributed by atoms with van der Waals surface area (Å²) in [7, 11) is 1.55. The predicted molar refractivity (Wildman–Crippen MR) is 126 cm³/mol. The average molecular weight is 465 g/mol. The lowest BCUT2D eigenvalue weighted by Crippen LogP contribution is -2.41. The zero-order valence-electron chi connectivity index (χ0n) is 20.4. The smallest absolute Gasteiger partial charge is 0.338 e. The summed E-state index contributed by atoms with van der Waals surface area (Å²) in [5, 5.41) is 41.7. The molecule has 0 saturated heterocycles. The Hall–Kier alpha value is -1.77. The van der Waals surface area contributed by atoms with Crippen LogP contribution < -0.4 is 0 Å². The maximum absolute atomic E-state index is 12.7. The van der Waals surface area contributed by atoms with E-state index in [0.29, 0.717) is 12.8 Å². The van der Waals surface area contributed by atoms with Crippen LogP contribution in [0.2, 0.25) is 0 Å². The van der Waals surface area contributed by atoms with Crippen molar-refractivity contribution in [2.75, 3.05) is 13.7 Å². The number of methoxy groups -OCH3 is 1. The van der Waals surface area contributed by atoms with Crippen LogP contribution in [-0.2, 0) is 26.1 Å². The van der Waals surface area contributed by atoms with Crippen molar-refractivity contribution in [3.8, 4) is 0 Å². The molecule has 1 aliphatic heterocycles. The van der Waals surface area contributed by atoms with E-state index in [4.69, 9.17) is 9.47 Å². The molecule has 1 aromatic rings. The van der Waals surface area contributed by atoms with Gasteiger partial charge in [-0.1, -0.05) is 51.1 Å². The molecule has 7 nitrogen and oxygen atoms in total. The Labute approximate surface area is 197 Å². The first kappa shape index (κ1) is 27.5. The second kappa shape index (κ2) is 12.1. The van der Waals surface area contributed by atoms with Gasteiger partial charge in [-0.2, -0.15) is 0 Å². The molecule has 0 aliphatic carbocycles. The Kier molecular flexibility index (Phi) is 10.1. The lowest BCUT2D eigenvalue weighted by atomic mass is 9.76. The van der Waals surface area contributed by atoms with Crippen molar-refractivity contribution in [3.63, 3.8) is 0 Å². The Bertz CT molecular complexity index is 800. The second-order valence-corrected chi connectivity index (χ2v) is 9.67. The van der Waals surface area contributed by atoms with E-state index in [1.165, 1.54) is 0 Å². The van der Waals surface area contributed by atoms with E-state index in [1.54, 1.807) is 14.0 Å². The number of esters is 1. The summed E-state index contributed by atoms with van der Waals surface area (Å²) in [6.07, 6.45) is -1.71. The second-order valence-electron chi connectivity index (χ2n) is 9.67. The van der Waals surface area contributed by atoms with Gasteiger partial charge < -0.3 is 29.9 Å². The summed E-state index contributed by atoms with van der Waals surface area (Å²) < 4.78 is 11.3. The van der Waals surface area contributed by atoms with Crippen LogP contribution >= 0.6 is 0 Å². The maximum Gasteiger partial charge on any atom is 0.338 e. The fourth-order valence-electron chi connectivity index (χ4n) is 4.19. The van der Waals surface area contributed by atoms with Crippen molar-refractivity contribution in [1.82, 2.24) is 0 Å². The fraction of sp³-hybridized carbons (Fsp3) is 0.654. The molecule has 1 aromatic carbocycles. The first-order valence-electron chi connectivity index (χ1n) is 11.7.